The fourth-order valence-electron chi connectivity index (χ4n) is 2.59. The number of amides is 2. The van der Waals surface area contributed by atoms with Gasteiger partial charge in [-0.15, -0.1) is 0 Å². The minimum Gasteiger partial charge on any atom is -0.427 e. The molecule has 2 amide bonds. The van der Waals surface area contributed by atoms with Crippen LogP contribution in [0.15, 0.2) is 22.7 Å². The van der Waals surface area contributed by atoms with Gasteiger partial charge in [0, 0.05) is 16.5 Å². The highest BCUT2D eigenvalue weighted by molar-refractivity contribution is 9.10. The van der Waals surface area contributed by atoms with Crippen molar-refractivity contribution in [3.8, 4) is 0 Å². The molecule has 88 valence electrons. The van der Waals surface area contributed by atoms with Gasteiger partial charge in [0.1, 0.15) is 0 Å². The minimum atomic E-state index is -1.09. The van der Waals surface area contributed by atoms with E-state index < -0.39 is 11.7 Å². The predicted molar refractivity (Wildman–Crippen MR) is 63.4 cm³/mol. The van der Waals surface area contributed by atoms with Crippen molar-refractivity contribution >= 4 is 27.9 Å². The topological polar surface area (TPSA) is 55.4 Å². The summed E-state index contributed by atoms with van der Waals surface area (Å²) in [6.07, 6.45) is 1.65. The summed E-state index contributed by atoms with van der Waals surface area (Å²) in [5.41, 5.74) is 0.788. The van der Waals surface area contributed by atoms with Gasteiger partial charge < -0.3 is 4.74 Å². The van der Waals surface area contributed by atoms with Gasteiger partial charge in [-0.1, -0.05) is 22.0 Å². The first-order valence-electron chi connectivity index (χ1n) is 5.45. The molecule has 0 radical (unpaired) electrons. The largest absolute Gasteiger partial charge is 0.427 e. The summed E-state index contributed by atoms with van der Waals surface area (Å²) < 4.78 is 6.22. The molecule has 1 aromatic carbocycles. The van der Waals surface area contributed by atoms with Crippen molar-refractivity contribution in [1.29, 1.82) is 0 Å². The molecule has 4 nitrogen and oxygen atoms in total. The normalized spacial score (nSPS) is 26.6. The van der Waals surface area contributed by atoms with Gasteiger partial charge in [0.15, 0.2) is 0 Å². The van der Waals surface area contributed by atoms with E-state index in [1.807, 2.05) is 18.2 Å². The molecule has 0 unspecified atom stereocenters. The number of carbonyl (C=O) groups excluding carboxylic acids is 2. The van der Waals surface area contributed by atoms with Crippen LogP contribution in [0.5, 0.6) is 0 Å². The van der Waals surface area contributed by atoms with Gasteiger partial charge >= 0.3 is 6.09 Å². The lowest BCUT2D eigenvalue weighted by Gasteiger charge is -2.31. The Balaban J connectivity index is 2.17. The van der Waals surface area contributed by atoms with Crippen LogP contribution in [-0.4, -0.2) is 12.0 Å². The summed E-state index contributed by atoms with van der Waals surface area (Å²) in [5, 5.41) is 2.22. The third-order valence-electron chi connectivity index (χ3n) is 3.33. The van der Waals surface area contributed by atoms with Crippen molar-refractivity contribution in [3.63, 3.8) is 0 Å². The molecule has 1 fully saturated rings. The van der Waals surface area contributed by atoms with E-state index in [1.165, 1.54) is 0 Å². The van der Waals surface area contributed by atoms with Crippen molar-refractivity contribution in [3.05, 3.63) is 33.8 Å². The second-order valence-electron chi connectivity index (χ2n) is 4.33. The van der Waals surface area contributed by atoms with E-state index in [1.54, 1.807) is 0 Å². The molecule has 1 heterocycles. The van der Waals surface area contributed by atoms with E-state index in [-0.39, 0.29) is 5.91 Å². The first-order valence-corrected chi connectivity index (χ1v) is 6.24. The van der Waals surface area contributed by atoms with Crippen LogP contribution in [0.3, 0.4) is 0 Å². The Morgan fingerprint density at radius 3 is 2.88 bits per heavy atom. The van der Waals surface area contributed by atoms with E-state index >= 15 is 0 Å². The van der Waals surface area contributed by atoms with E-state index in [0.717, 1.165) is 28.4 Å². The van der Waals surface area contributed by atoms with E-state index in [2.05, 4.69) is 21.2 Å². The fourth-order valence-corrected chi connectivity index (χ4v) is 3.00. The smallest absolute Gasteiger partial charge is 0.415 e. The summed E-state index contributed by atoms with van der Waals surface area (Å²) in [5.74, 6) is -0.342. The van der Waals surface area contributed by atoms with E-state index in [4.69, 9.17) is 4.74 Å². The van der Waals surface area contributed by atoms with Crippen LogP contribution in [0, 0.1) is 0 Å². The molecule has 5 heteroatoms. The summed E-state index contributed by atoms with van der Waals surface area (Å²) in [4.78, 5) is 23.2. The number of rotatable bonds is 0. The Hall–Kier alpha value is -1.36. The number of hydrogen-bond donors (Lipinski definition) is 1. The van der Waals surface area contributed by atoms with Crippen LogP contribution in [0.2, 0.25) is 0 Å². The molecule has 1 aliphatic carbocycles. The van der Waals surface area contributed by atoms with Crippen molar-refractivity contribution in [2.24, 2.45) is 0 Å². The van der Waals surface area contributed by atoms with Gasteiger partial charge in [-0.25, -0.2) is 4.79 Å². The number of fused-ring (bicyclic) bond motifs is 2. The highest BCUT2D eigenvalue weighted by atomic mass is 79.9. The van der Waals surface area contributed by atoms with Crippen LogP contribution in [0.25, 0.3) is 0 Å². The predicted octanol–water partition coefficient (Wildman–Crippen LogP) is 2.25. The Morgan fingerprint density at radius 2 is 2.18 bits per heavy atom. The zero-order valence-corrected chi connectivity index (χ0v) is 10.5. The van der Waals surface area contributed by atoms with Crippen molar-refractivity contribution in [2.75, 3.05) is 0 Å². The van der Waals surface area contributed by atoms with Crippen LogP contribution >= 0.6 is 15.9 Å². The highest BCUT2D eigenvalue weighted by Crippen LogP contribution is 2.41. The summed E-state index contributed by atoms with van der Waals surface area (Å²) >= 11 is 3.41. The quantitative estimate of drug-likeness (QED) is 0.799. The Kier molecular flexibility index (Phi) is 2.26. The molecule has 0 aromatic heterocycles. The Morgan fingerprint density at radius 1 is 1.35 bits per heavy atom. The van der Waals surface area contributed by atoms with Gasteiger partial charge in [-0.2, -0.15) is 0 Å². The third-order valence-corrected chi connectivity index (χ3v) is 3.82. The van der Waals surface area contributed by atoms with Gasteiger partial charge in [-0.3, -0.25) is 10.1 Å². The lowest BCUT2D eigenvalue weighted by atomic mass is 9.79. The standard InChI is InChI=1S/C12H10BrNO3/c13-8-3-4-9-7(6-8)2-1-5-12(9)10(15)14-11(16)17-12/h3-4,6H,1-2,5H2,(H,14,15,16)/t12-/m1/s1. The monoisotopic (exact) mass is 295 g/mol. The molecule has 3 rings (SSSR count). The van der Waals surface area contributed by atoms with Crippen molar-refractivity contribution in [1.82, 2.24) is 5.32 Å². The minimum absolute atomic E-state index is 0.342. The molecule has 1 aromatic rings. The fraction of sp³-hybridized carbons (Fsp3) is 0.333. The van der Waals surface area contributed by atoms with Crippen molar-refractivity contribution in [2.45, 2.75) is 24.9 Å². The molecule has 1 saturated heterocycles. The van der Waals surface area contributed by atoms with Crippen LogP contribution < -0.4 is 5.32 Å². The molecule has 2 aliphatic rings. The van der Waals surface area contributed by atoms with Crippen molar-refractivity contribution < 1.29 is 14.3 Å². The first-order chi connectivity index (χ1) is 8.12. The molecule has 17 heavy (non-hydrogen) atoms. The second-order valence-corrected chi connectivity index (χ2v) is 5.24. The average molecular weight is 296 g/mol. The highest BCUT2D eigenvalue weighted by Gasteiger charge is 2.52. The molecule has 0 bridgehead atoms. The van der Waals surface area contributed by atoms with Gasteiger partial charge in [0.2, 0.25) is 5.60 Å². The van der Waals surface area contributed by atoms with Gasteiger partial charge in [0.05, 0.1) is 0 Å². The number of hydrogen-bond acceptors (Lipinski definition) is 3. The first kappa shape index (κ1) is 10.8. The summed E-state index contributed by atoms with van der Waals surface area (Å²) in [6.45, 7) is 0. The van der Waals surface area contributed by atoms with E-state index in [9.17, 15) is 9.59 Å². The van der Waals surface area contributed by atoms with Gasteiger partial charge in [0.25, 0.3) is 5.91 Å². The number of benzene rings is 1. The molecular formula is C12H10BrNO3. The molecular weight excluding hydrogens is 286 g/mol. The maximum atomic E-state index is 11.9. The summed E-state index contributed by atoms with van der Waals surface area (Å²) in [6, 6.07) is 5.71. The second kappa shape index (κ2) is 3.57. The summed E-state index contributed by atoms with van der Waals surface area (Å²) in [7, 11) is 0. The lowest BCUT2D eigenvalue weighted by Crippen LogP contribution is -2.39. The number of alkyl carbamates (subject to hydrolysis) is 1. The Labute approximate surface area is 106 Å². The van der Waals surface area contributed by atoms with Crippen LogP contribution in [0.4, 0.5) is 4.79 Å². The SMILES string of the molecule is O=C1NC(=O)[C@]2(CCCc3cc(Br)ccc32)O1. The van der Waals surface area contributed by atoms with Crippen LogP contribution in [0.1, 0.15) is 24.0 Å². The number of halogens is 1. The zero-order valence-electron chi connectivity index (χ0n) is 8.96. The number of aryl methyl sites for hydroxylation is 1. The molecule has 1 atom stereocenters. The lowest BCUT2D eigenvalue weighted by molar-refractivity contribution is -0.133. The number of carbonyl (C=O) groups is 2. The molecule has 0 saturated carbocycles. The van der Waals surface area contributed by atoms with Crippen LogP contribution in [-0.2, 0) is 21.6 Å². The number of ether oxygens (including phenoxy) is 1. The van der Waals surface area contributed by atoms with Gasteiger partial charge in [-0.05, 0) is 30.5 Å². The maximum Gasteiger partial charge on any atom is 0.415 e. The Bertz CT molecular complexity index is 528. The number of imide groups is 1. The maximum absolute atomic E-state index is 11.9. The van der Waals surface area contributed by atoms with E-state index in [0.29, 0.717) is 6.42 Å². The zero-order chi connectivity index (χ0) is 12.0. The third kappa shape index (κ3) is 1.49. The number of nitrogens with one attached hydrogen (secondary N) is 1. The molecule has 1 N–H and O–H groups in total. The average Bonchev–Trinajstić information content (AvgIpc) is 2.54. The molecule has 1 spiro atoms. The molecule has 1 aliphatic heterocycles.